The number of hydrogen-bond acceptors (Lipinski definition) is 5. The molecule has 0 unspecified atom stereocenters. The topological polar surface area (TPSA) is 89.3 Å². The number of carbonyl (C=O) groups is 1. The summed E-state index contributed by atoms with van der Waals surface area (Å²) < 4.78 is 19.8. The molecule has 0 bridgehead atoms. The molecule has 0 atom stereocenters. The number of ether oxygens (including phenoxy) is 1. The van der Waals surface area contributed by atoms with Gasteiger partial charge in [0, 0.05) is 11.6 Å². The van der Waals surface area contributed by atoms with Gasteiger partial charge in [0.2, 0.25) is 5.91 Å². The van der Waals surface area contributed by atoms with Crippen LogP contribution in [0.15, 0.2) is 54.7 Å². The molecule has 140 valence electrons. The van der Waals surface area contributed by atoms with Crippen molar-refractivity contribution in [3.63, 3.8) is 0 Å². The minimum atomic E-state index is -0.371. The molecule has 0 radical (unpaired) electrons. The first-order valence-corrected chi connectivity index (χ1v) is 8.39. The highest BCUT2D eigenvalue weighted by Crippen LogP contribution is 2.16. The molecule has 0 saturated carbocycles. The van der Waals surface area contributed by atoms with E-state index in [9.17, 15) is 9.18 Å². The van der Waals surface area contributed by atoms with Crippen LogP contribution in [0.2, 0.25) is 0 Å². The van der Waals surface area contributed by atoms with E-state index in [1.54, 1.807) is 30.5 Å². The molecule has 0 fully saturated rings. The normalized spacial score (nSPS) is 10.6. The number of aliphatic hydroxyl groups is 1. The van der Waals surface area contributed by atoms with Crippen molar-refractivity contribution in [3.05, 3.63) is 66.1 Å². The van der Waals surface area contributed by atoms with E-state index in [0.717, 1.165) is 11.1 Å². The molecule has 27 heavy (non-hydrogen) atoms. The van der Waals surface area contributed by atoms with Gasteiger partial charge in [0.25, 0.3) is 0 Å². The Kier molecular flexibility index (Phi) is 6.11. The zero-order chi connectivity index (χ0) is 19.1. The van der Waals surface area contributed by atoms with Crippen LogP contribution < -0.4 is 10.1 Å². The Labute approximate surface area is 155 Å². The fraction of sp³-hybridized carbons (Fsp3) is 0.211. The van der Waals surface area contributed by atoms with Gasteiger partial charge in [-0.1, -0.05) is 35.5 Å². The summed E-state index contributed by atoms with van der Waals surface area (Å²) >= 11 is 0. The minimum Gasteiger partial charge on any atom is -0.492 e. The zero-order valence-corrected chi connectivity index (χ0v) is 14.5. The molecule has 1 aromatic heterocycles. The summed E-state index contributed by atoms with van der Waals surface area (Å²) in [6.07, 6.45) is 1.68. The largest absolute Gasteiger partial charge is 0.492 e. The first-order chi connectivity index (χ1) is 13.1. The van der Waals surface area contributed by atoms with Crippen molar-refractivity contribution < 1.29 is 19.0 Å². The standard InChI is InChI=1S/C19H19FN4O3/c20-16-2-1-3-17(10-16)27-9-8-21-19(26)12-24-11-18(22-23-24)15-6-4-14(13-25)5-7-15/h1-7,10-11,25H,8-9,12-13H2,(H,21,26). The molecule has 2 N–H and O–H groups in total. The summed E-state index contributed by atoms with van der Waals surface area (Å²) in [5.41, 5.74) is 2.30. The van der Waals surface area contributed by atoms with Gasteiger partial charge in [0.05, 0.1) is 19.3 Å². The fourth-order valence-corrected chi connectivity index (χ4v) is 2.41. The quantitative estimate of drug-likeness (QED) is 0.590. The predicted molar refractivity (Wildman–Crippen MR) is 96.3 cm³/mol. The second kappa shape index (κ2) is 8.91. The number of nitrogens with one attached hydrogen (secondary N) is 1. The highest BCUT2D eigenvalue weighted by atomic mass is 19.1. The van der Waals surface area contributed by atoms with Crippen molar-refractivity contribution in [2.24, 2.45) is 0 Å². The van der Waals surface area contributed by atoms with Crippen LogP contribution in [-0.4, -0.2) is 39.2 Å². The minimum absolute atomic E-state index is 0.0178. The van der Waals surface area contributed by atoms with Crippen LogP contribution in [0.5, 0.6) is 5.75 Å². The molecule has 0 saturated heterocycles. The molecule has 0 spiro atoms. The van der Waals surface area contributed by atoms with E-state index in [1.165, 1.54) is 16.8 Å². The molecule has 0 aliphatic rings. The molecule has 0 aliphatic heterocycles. The van der Waals surface area contributed by atoms with E-state index in [0.29, 0.717) is 18.0 Å². The summed E-state index contributed by atoms with van der Waals surface area (Å²) in [6, 6.07) is 13.1. The molecule has 7 nitrogen and oxygen atoms in total. The van der Waals surface area contributed by atoms with E-state index in [4.69, 9.17) is 9.84 Å². The van der Waals surface area contributed by atoms with Crippen LogP contribution in [0.1, 0.15) is 5.56 Å². The summed E-state index contributed by atoms with van der Waals surface area (Å²) in [5.74, 6) is -0.188. The molecule has 8 heteroatoms. The lowest BCUT2D eigenvalue weighted by molar-refractivity contribution is -0.121. The zero-order valence-electron chi connectivity index (χ0n) is 14.5. The second-order valence-corrected chi connectivity index (χ2v) is 5.81. The van der Waals surface area contributed by atoms with Crippen LogP contribution in [0.3, 0.4) is 0 Å². The number of rotatable bonds is 8. The third kappa shape index (κ3) is 5.35. The van der Waals surface area contributed by atoms with E-state index in [-0.39, 0.29) is 31.5 Å². The van der Waals surface area contributed by atoms with Gasteiger partial charge >= 0.3 is 0 Å². The van der Waals surface area contributed by atoms with Gasteiger partial charge in [-0.05, 0) is 17.7 Å². The monoisotopic (exact) mass is 370 g/mol. The van der Waals surface area contributed by atoms with Crippen molar-refractivity contribution in [3.8, 4) is 17.0 Å². The molecule has 0 aliphatic carbocycles. The maximum absolute atomic E-state index is 13.0. The molecule has 1 heterocycles. The van der Waals surface area contributed by atoms with E-state index in [2.05, 4.69) is 15.6 Å². The van der Waals surface area contributed by atoms with Gasteiger partial charge in [-0.25, -0.2) is 9.07 Å². The summed E-state index contributed by atoms with van der Waals surface area (Å²) in [5, 5.41) is 19.8. The number of hydrogen-bond donors (Lipinski definition) is 2. The average Bonchev–Trinajstić information content (AvgIpc) is 3.14. The molecule has 3 aromatic rings. The maximum atomic E-state index is 13.0. The Balaban J connectivity index is 1.44. The lowest BCUT2D eigenvalue weighted by Gasteiger charge is -2.07. The van der Waals surface area contributed by atoms with Gasteiger partial charge in [-0.15, -0.1) is 5.10 Å². The van der Waals surface area contributed by atoms with Gasteiger partial charge in [-0.2, -0.15) is 0 Å². The van der Waals surface area contributed by atoms with Gasteiger partial charge in [-0.3, -0.25) is 4.79 Å². The van der Waals surface area contributed by atoms with Crippen molar-refractivity contribution in [2.75, 3.05) is 13.2 Å². The van der Waals surface area contributed by atoms with Crippen LogP contribution >= 0.6 is 0 Å². The van der Waals surface area contributed by atoms with E-state index < -0.39 is 0 Å². The molecular formula is C19H19FN4O3. The summed E-state index contributed by atoms with van der Waals surface area (Å²) in [7, 11) is 0. The third-order valence-corrected chi connectivity index (χ3v) is 3.77. The number of aliphatic hydroxyl groups excluding tert-OH is 1. The number of carbonyl (C=O) groups excluding carboxylic acids is 1. The smallest absolute Gasteiger partial charge is 0.241 e. The number of amides is 1. The van der Waals surface area contributed by atoms with Crippen LogP contribution in [-0.2, 0) is 17.9 Å². The summed E-state index contributed by atoms with van der Waals surface area (Å²) in [4.78, 5) is 12.0. The SMILES string of the molecule is O=C(Cn1cc(-c2ccc(CO)cc2)nn1)NCCOc1cccc(F)c1. The molecule has 2 aromatic carbocycles. The van der Waals surface area contributed by atoms with Crippen molar-refractivity contribution >= 4 is 5.91 Å². The highest BCUT2D eigenvalue weighted by molar-refractivity contribution is 5.75. The van der Waals surface area contributed by atoms with Crippen LogP contribution in [0, 0.1) is 5.82 Å². The highest BCUT2D eigenvalue weighted by Gasteiger charge is 2.07. The first kappa shape index (κ1) is 18.5. The first-order valence-electron chi connectivity index (χ1n) is 8.39. The Morgan fingerprint density at radius 1 is 1.22 bits per heavy atom. The average molecular weight is 370 g/mol. The van der Waals surface area contributed by atoms with E-state index >= 15 is 0 Å². The van der Waals surface area contributed by atoms with Crippen molar-refractivity contribution in [2.45, 2.75) is 13.2 Å². The number of benzene rings is 2. The number of nitrogens with zero attached hydrogens (tertiary/aromatic N) is 3. The van der Waals surface area contributed by atoms with Gasteiger partial charge in [0.15, 0.2) is 0 Å². The van der Waals surface area contributed by atoms with Crippen LogP contribution in [0.25, 0.3) is 11.3 Å². The summed E-state index contributed by atoms with van der Waals surface area (Å²) in [6.45, 7) is 0.534. The van der Waals surface area contributed by atoms with Gasteiger partial charge < -0.3 is 15.2 Å². The molecule has 3 rings (SSSR count). The third-order valence-electron chi connectivity index (χ3n) is 3.77. The Hall–Kier alpha value is -3.26. The fourth-order valence-electron chi connectivity index (χ4n) is 2.41. The predicted octanol–water partition coefficient (Wildman–Crippen LogP) is 1.77. The van der Waals surface area contributed by atoms with E-state index in [1.807, 2.05) is 12.1 Å². The van der Waals surface area contributed by atoms with Crippen molar-refractivity contribution in [1.82, 2.24) is 20.3 Å². The van der Waals surface area contributed by atoms with Crippen LogP contribution in [0.4, 0.5) is 4.39 Å². The number of halogens is 1. The lowest BCUT2D eigenvalue weighted by atomic mass is 10.1. The molecular weight excluding hydrogens is 351 g/mol. The Morgan fingerprint density at radius 3 is 2.78 bits per heavy atom. The molecule has 1 amide bonds. The maximum Gasteiger partial charge on any atom is 0.241 e. The second-order valence-electron chi connectivity index (χ2n) is 5.81. The lowest BCUT2D eigenvalue weighted by Crippen LogP contribution is -2.31. The Morgan fingerprint density at radius 2 is 2.04 bits per heavy atom. The Bertz CT molecular complexity index is 896. The van der Waals surface area contributed by atoms with Crippen molar-refractivity contribution in [1.29, 1.82) is 0 Å². The number of aromatic nitrogens is 3. The van der Waals surface area contributed by atoms with Gasteiger partial charge in [0.1, 0.15) is 30.4 Å².